The smallest absolute Gasteiger partial charge is 0.322 e. The number of anilines is 1. The number of aromatic nitrogens is 3. The molecule has 0 bridgehead atoms. The molecule has 1 atom stereocenters. The number of amides is 3. The van der Waals surface area contributed by atoms with Crippen molar-refractivity contribution < 1.29 is 32.7 Å². The molecule has 2 aromatic heterocycles. The number of carbonyl (C=O) groups excluding carboxylic acids is 3. The lowest BCUT2D eigenvalue weighted by Gasteiger charge is -2.17. The molecule has 0 fully saturated rings. The number of aryl methyl sites for hydroxylation is 3. The van der Waals surface area contributed by atoms with Gasteiger partial charge in [-0.05, 0) is 36.6 Å². The van der Waals surface area contributed by atoms with Crippen LogP contribution in [0.4, 0.5) is 5.82 Å². The van der Waals surface area contributed by atoms with Gasteiger partial charge in [0.1, 0.15) is 11.9 Å². The molecule has 5 N–H and O–H groups in total. The SMILES string of the molecule is NC(=O)c1cn(CCc2ccc3c(n2)NCCC3)nc1C[C@H](NS(=O)(=O)CCN1C(=O)c2ccccc2C1=O)C(=O)O. The molecule has 220 valence electrons. The molecule has 3 amide bonds. The first kappa shape index (κ1) is 28.9. The fourth-order valence-electron chi connectivity index (χ4n) is 4.97. The number of aliphatic carboxylic acids is 1. The Morgan fingerprint density at radius 1 is 1.10 bits per heavy atom. The van der Waals surface area contributed by atoms with Crippen molar-refractivity contribution in [1.29, 1.82) is 0 Å². The summed E-state index contributed by atoms with van der Waals surface area (Å²) in [6.45, 7) is 0.697. The molecule has 1 aromatic carbocycles. The number of carboxylic acids is 1. The minimum absolute atomic E-state index is 0.0121. The molecular formula is C27H29N7O7S. The maximum absolute atomic E-state index is 12.8. The minimum atomic E-state index is -4.29. The number of pyridine rings is 1. The zero-order valence-corrected chi connectivity index (χ0v) is 23.3. The zero-order valence-electron chi connectivity index (χ0n) is 22.4. The molecule has 0 radical (unpaired) electrons. The Kier molecular flexibility index (Phi) is 8.04. The first-order valence-electron chi connectivity index (χ1n) is 13.3. The van der Waals surface area contributed by atoms with Crippen molar-refractivity contribution in [1.82, 2.24) is 24.4 Å². The van der Waals surface area contributed by atoms with Crippen molar-refractivity contribution in [2.24, 2.45) is 5.73 Å². The molecule has 2 aliphatic rings. The number of nitrogens with one attached hydrogen (secondary N) is 2. The van der Waals surface area contributed by atoms with E-state index in [9.17, 15) is 32.7 Å². The summed E-state index contributed by atoms with van der Waals surface area (Å²) >= 11 is 0. The highest BCUT2D eigenvalue weighted by molar-refractivity contribution is 7.89. The van der Waals surface area contributed by atoms with Gasteiger partial charge in [-0.3, -0.25) is 28.8 Å². The average Bonchev–Trinajstić information content (AvgIpc) is 3.48. The maximum Gasteiger partial charge on any atom is 0.322 e. The Hall–Kier alpha value is -4.63. The Morgan fingerprint density at radius 3 is 2.48 bits per heavy atom. The van der Waals surface area contributed by atoms with Crippen molar-refractivity contribution in [2.45, 2.75) is 38.3 Å². The van der Waals surface area contributed by atoms with Crippen molar-refractivity contribution in [3.8, 4) is 0 Å². The molecule has 0 aliphatic carbocycles. The van der Waals surface area contributed by atoms with Crippen LogP contribution < -0.4 is 15.8 Å². The fourth-order valence-corrected chi connectivity index (χ4v) is 6.13. The van der Waals surface area contributed by atoms with E-state index in [1.54, 1.807) is 12.1 Å². The summed E-state index contributed by atoms with van der Waals surface area (Å²) in [6.07, 6.45) is 3.40. The number of fused-ring (bicyclic) bond motifs is 2. The fraction of sp³-hybridized carbons (Fsp3) is 0.333. The Balaban J connectivity index is 1.24. The molecule has 2 aliphatic heterocycles. The van der Waals surface area contributed by atoms with Crippen LogP contribution in [0.2, 0.25) is 0 Å². The molecule has 0 saturated heterocycles. The van der Waals surface area contributed by atoms with Crippen molar-refractivity contribution in [3.63, 3.8) is 0 Å². The summed E-state index contributed by atoms with van der Waals surface area (Å²) in [5, 5.41) is 17.3. The second kappa shape index (κ2) is 11.7. The summed E-state index contributed by atoms with van der Waals surface area (Å²) in [6, 6.07) is 8.37. The van der Waals surface area contributed by atoms with E-state index in [0.717, 1.165) is 41.4 Å². The van der Waals surface area contributed by atoms with Gasteiger partial charge < -0.3 is 16.2 Å². The van der Waals surface area contributed by atoms with Crippen LogP contribution in [-0.4, -0.2) is 81.8 Å². The third kappa shape index (κ3) is 6.16. The second-order valence-electron chi connectivity index (χ2n) is 10.0. The summed E-state index contributed by atoms with van der Waals surface area (Å²) in [7, 11) is -4.29. The molecule has 15 heteroatoms. The number of hydrogen-bond acceptors (Lipinski definition) is 9. The van der Waals surface area contributed by atoms with Gasteiger partial charge in [-0.1, -0.05) is 18.2 Å². The average molecular weight is 596 g/mol. The summed E-state index contributed by atoms with van der Waals surface area (Å²) in [4.78, 5) is 54.6. The number of rotatable bonds is 12. The highest BCUT2D eigenvalue weighted by Crippen LogP contribution is 2.23. The van der Waals surface area contributed by atoms with Crippen LogP contribution in [0.3, 0.4) is 0 Å². The molecule has 0 unspecified atom stereocenters. The van der Waals surface area contributed by atoms with Gasteiger partial charge in [-0.25, -0.2) is 18.1 Å². The molecule has 42 heavy (non-hydrogen) atoms. The molecule has 0 spiro atoms. The first-order valence-corrected chi connectivity index (χ1v) is 14.9. The van der Waals surface area contributed by atoms with Crippen LogP contribution in [0, 0.1) is 0 Å². The molecule has 4 heterocycles. The molecule has 5 rings (SSSR count). The number of carbonyl (C=O) groups is 4. The number of carboxylic acid groups (broad SMARTS) is 1. The van der Waals surface area contributed by atoms with E-state index >= 15 is 0 Å². The number of nitrogens with two attached hydrogens (primary N) is 1. The van der Waals surface area contributed by atoms with E-state index in [1.807, 2.05) is 12.1 Å². The van der Waals surface area contributed by atoms with Gasteiger partial charge >= 0.3 is 5.97 Å². The number of primary amides is 1. The number of nitrogens with zero attached hydrogens (tertiary/aromatic N) is 4. The topological polar surface area (TPSA) is 207 Å². The normalized spacial score (nSPS) is 15.2. The van der Waals surface area contributed by atoms with E-state index in [4.69, 9.17) is 5.73 Å². The van der Waals surface area contributed by atoms with E-state index in [2.05, 4.69) is 20.1 Å². The van der Waals surface area contributed by atoms with Gasteiger partial charge in [0.25, 0.3) is 17.7 Å². The summed E-state index contributed by atoms with van der Waals surface area (Å²) < 4.78 is 29.1. The third-order valence-electron chi connectivity index (χ3n) is 7.13. The third-order valence-corrected chi connectivity index (χ3v) is 8.50. The van der Waals surface area contributed by atoms with E-state index in [0.29, 0.717) is 13.0 Å². The highest BCUT2D eigenvalue weighted by atomic mass is 32.2. The van der Waals surface area contributed by atoms with Crippen LogP contribution in [0.1, 0.15) is 54.4 Å². The predicted molar refractivity (Wildman–Crippen MR) is 149 cm³/mol. The minimum Gasteiger partial charge on any atom is -0.480 e. The lowest BCUT2D eigenvalue weighted by atomic mass is 10.1. The van der Waals surface area contributed by atoms with Crippen LogP contribution in [0.25, 0.3) is 0 Å². The zero-order chi connectivity index (χ0) is 30.0. The van der Waals surface area contributed by atoms with Gasteiger partial charge in [-0.2, -0.15) is 5.10 Å². The lowest BCUT2D eigenvalue weighted by molar-refractivity contribution is -0.138. The van der Waals surface area contributed by atoms with Crippen molar-refractivity contribution in [2.75, 3.05) is 24.2 Å². The highest BCUT2D eigenvalue weighted by Gasteiger charge is 2.36. The number of imide groups is 1. The lowest BCUT2D eigenvalue weighted by Crippen LogP contribution is -2.45. The number of sulfonamides is 1. The van der Waals surface area contributed by atoms with Crippen molar-refractivity contribution >= 4 is 39.5 Å². The molecule has 3 aromatic rings. The summed E-state index contributed by atoms with van der Waals surface area (Å²) in [5.41, 5.74) is 7.77. The first-order chi connectivity index (χ1) is 20.0. The van der Waals surface area contributed by atoms with E-state index < -0.39 is 58.5 Å². The predicted octanol–water partition coefficient (Wildman–Crippen LogP) is 0.189. The largest absolute Gasteiger partial charge is 0.480 e. The van der Waals surface area contributed by atoms with Crippen LogP contribution >= 0.6 is 0 Å². The van der Waals surface area contributed by atoms with Crippen LogP contribution in [-0.2, 0) is 40.6 Å². The summed E-state index contributed by atoms with van der Waals surface area (Å²) in [5.74, 6) is -3.47. The molecular weight excluding hydrogens is 566 g/mol. The van der Waals surface area contributed by atoms with Gasteiger partial charge in [0.05, 0.1) is 28.1 Å². The van der Waals surface area contributed by atoms with Gasteiger partial charge in [0.15, 0.2) is 0 Å². The Labute approximate surface area is 241 Å². The molecule has 14 nitrogen and oxygen atoms in total. The van der Waals surface area contributed by atoms with Crippen LogP contribution in [0.5, 0.6) is 0 Å². The maximum atomic E-state index is 12.8. The van der Waals surface area contributed by atoms with Crippen LogP contribution in [0.15, 0.2) is 42.6 Å². The Morgan fingerprint density at radius 2 is 1.81 bits per heavy atom. The van der Waals surface area contributed by atoms with Gasteiger partial charge in [0.2, 0.25) is 10.0 Å². The van der Waals surface area contributed by atoms with E-state index in [1.165, 1.54) is 23.0 Å². The number of hydrogen-bond donors (Lipinski definition) is 4. The second-order valence-corrected chi connectivity index (χ2v) is 11.9. The Bertz CT molecular complexity index is 1650. The monoisotopic (exact) mass is 595 g/mol. The quantitative estimate of drug-likeness (QED) is 0.209. The van der Waals surface area contributed by atoms with Gasteiger partial charge in [0, 0.05) is 44.4 Å². The van der Waals surface area contributed by atoms with E-state index in [-0.39, 0.29) is 22.4 Å². The molecule has 0 saturated carbocycles. The van der Waals surface area contributed by atoms with Gasteiger partial charge in [-0.15, -0.1) is 0 Å². The number of benzene rings is 1. The van der Waals surface area contributed by atoms with Crippen molar-refractivity contribution in [3.05, 3.63) is 76.2 Å². The standard InChI is InChI=1S/C27H29N7O7S/c28-23(35)20-15-33(11-9-17-8-7-16-4-3-10-29-24(16)30-17)31-21(20)14-22(27(38)39)32-42(40,41)13-12-34-25(36)18-5-1-2-6-19(18)26(34)37/h1-2,5-8,15,22,32H,3-4,9-14H2,(H2,28,35)(H,29,30)(H,38,39)/t22-/m0/s1.